The highest BCUT2D eigenvalue weighted by Gasteiger charge is 2.19. The van der Waals surface area contributed by atoms with Gasteiger partial charge in [0.05, 0.1) is 12.2 Å². The van der Waals surface area contributed by atoms with E-state index in [0.717, 1.165) is 0 Å². The summed E-state index contributed by atoms with van der Waals surface area (Å²) < 4.78 is 25.2. The Bertz CT molecular complexity index is 335. The van der Waals surface area contributed by atoms with Crippen LogP contribution in [-0.2, 0) is 12.5 Å². The van der Waals surface area contributed by atoms with Crippen molar-refractivity contribution in [3.63, 3.8) is 0 Å². The lowest BCUT2D eigenvalue weighted by Crippen LogP contribution is -2.02. The predicted octanol–water partition coefficient (Wildman–Crippen LogP) is 3.01. The van der Waals surface area contributed by atoms with E-state index in [9.17, 15) is 8.78 Å². The van der Waals surface area contributed by atoms with Crippen LogP contribution in [0, 0.1) is 0 Å². The Labute approximate surface area is 93.0 Å². The van der Waals surface area contributed by atoms with Gasteiger partial charge in [0.1, 0.15) is 4.60 Å². The number of aliphatic hydroxyl groups is 1. The van der Waals surface area contributed by atoms with E-state index in [0.29, 0.717) is 5.56 Å². The number of hydrogen-bond donors (Lipinski definition) is 1. The normalized spacial score (nSPS) is 11.0. The molecule has 0 saturated carbocycles. The summed E-state index contributed by atoms with van der Waals surface area (Å²) >= 11 is 8.44. The minimum atomic E-state index is -2.68. The van der Waals surface area contributed by atoms with Crippen LogP contribution in [0.4, 0.5) is 8.78 Å². The van der Waals surface area contributed by atoms with Crippen molar-refractivity contribution in [3.05, 3.63) is 27.5 Å². The van der Waals surface area contributed by atoms with E-state index in [-0.39, 0.29) is 21.6 Å². The lowest BCUT2D eigenvalue weighted by Gasteiger charge is -2.11. The second-order valence-electron chi connectivity index (χ2n) is 2.56. The molecule has 0 fully saturated rings. The largest absolute Gasteiger partial charge is 0.392 e. The number of rotatable bonds is 3. The Morgan fingerprint density at radius 3 is 2.64 bits per heavy atom. The summed E-state index contributed by atoms with van der Waals surface area (Å²) in [7, 11) is 0. The molecule has 0 radical (unpaired) electrons. The maximum Gasteiger partial charge on any atom is 0.266 e. The second-order valence-corrected chi connectivity index (χ2v) is 3.58. The molecule has 0 aliphatic heterocycles. The van der Waals surface area contributed by atoms with Crippen molar-refractivity contribution in [2.45, 2.75) is 18.9 Å². The van der Waals surface area contributed by atoms with Gasteiger partial charge in [0, 0.05) is 12.1 Å². The van der Waals surface area contributed by atoms with Crippen LogP contribution in [0.5, 0.6) is 0 Å². The minimum absolute atomic E-state index is 0.0467. The number of aliphatic hydroxyl groups excluding tert-OH is 1. The van der Waals surface area contributed by atoms with Gasteiger partial charge in [0.25, 0.3) is 6.43 Å². The van der Waals surface area contributed by atoms with Gasteiger partial charge in [-0.15, -0.1) is 11.6 Å². The van der Waals surface area contributed by atoms with Gasteiger partial charge in [-0.2, -0.15) is 0 Å². The fourth-order valence-electron chi connectivity index (χ4n) is 1.10. The molecule has 1 N–H and O–H groups in total. The van der Waals surface area contributed by atoms with Crippen LogP contribution in [0.1, 0.15) is 23.1 Å². The quantitative estimate of drug-likeness (QED) is 0.684. The third-order valence-corrected chi connectivity index (χ3v) is 2.71. The minimum Gasteiger partial charge on any atom is -0.392 e. The van der Waals surface area contributed by atoms with Crippen LogP contribution < -0.4 is 0 Å². The van der Waals surface area contributed by atoms with E-state index in [1.807, 2.05) is 0 Å². The average Bonchev–Trinajstić information content (AvgIpc) is 2.16. The summed E-state index contributed by atoms with van der Waals surface area (Å²) in [4.78, 5) is 3.72. The van der Waals surface area contributed by atoms with E-state index in [4.69, 9.17) is 16.7 Å². The van der Waals surface area contributed by atoms with Crippen LogP contribution in [0.2, 0.25) is 0 Å². The van der Waals surface area contributed by atoms with Crippen molar-refractivity contribution in [1.82, 2.24) is 4.98 Å². The zero-order valence-electron chi connectivity index (χ0n) is 6.98. The average molecular weight is 287 g/mol. The first-order valence-corrected chi connectivity index (χ1v) is 5.05. The number of nitrogens with zero attached hydrogens (tertiary/aromatic N) is 1. The molecule has 0 bridgehead atoms. The molecule has 2 nitrogen and oxygen atoms in total. The summed E-state index contributed by atoms with van der Waals surface area (Å²) in [6, 6.07) is 0. The van der Waals surface area contributed by atoms with Gasteiger partial charge in [-0.25, -0.2) is 13.8 Å². The van der Waals surface area contributed by atoms with Crippen molar-refractivity contribution in [2.24, 2.45) is 0 Å². The van der Waals surface area contributed by atoms with Gasteiger partial charge < -0.3 is 5.11 Å². The Hall–Kier alpha value is -0.260. The highest BCUT2D eigenvalue weighted by molar-refractivity contribution is 9.10. The molecule has 6 heteroatoms. The van der Waals surface area contributed by atoms with Gasteiger partial charge >= 0.3 is 0 Å². The molecule has 0 saturated heterocycles. The van der Waals surface area contributed by atoms with Crippen molar-refractivity contribution in [2.75, 3.05) is 0 Å². The molecular weight excluding hydrogens is 279 g/mol. The third kappa shape index (κ3) is 2.21. The second kappa shape index (κ2) is 5.00. The van der Waals surface area contributed by atoms with Gasteiger partial charge in [-0.3, -0.25) is 0 Å². The maximum atomic E-state index is 12.6. The Balaban J connectivity index is 3.35. The third-order valence-electron chi connectivity index (χ3n) is 1.79. The maximum absolute atomic E-state index is 12.6. The van der Waals surface area contributed by atoms with Crippen molar-refractivity contribution >= 4 is 27.5 Å². The highest BCUT2D eigenvalue weighted by Crippen LogP contribution is 2.31. The van der Waals surface area contributed by atoms with Crippen LogP contribution in [0.3, 0.4) is 0 Å². The van der Waals surface area contributed by atoms with Crippen LogP contribution in [-0.4, -0.2) is 10.1 Å². The van der Waals surface area contributed by atoms with Crippen LogP contribution in [0.15, 0.2) is 10.8 Å². The standard InChI is InChI=1S/C8H7BrClF2NO/c9-7-6(8(11)12)5(3-14)4(1-10)2-13-7/h2,8,14H,1,3H2. The summed E-state index contributed by atoms with van der Waals surface area (Å²) in [5.41, 5.74) is 0.287. The molecule has 0 aliphatic rings. The molecule has 0 unspecified atom stereocenters. The lowest BCUT2D eigenvalue weighted by atomic mass is 10.1. The smallest absolute Gasteiger partial charge is 0.266 e. The van der Waals surface area contributed by atoms with Gasteiger partial charge in [-0.05, 0) is 27.1 Å². The molecule has 0 aromatic carbocycles. The van der Waals surface area contributed by atoms with E-state index < -0.39 is 13.0 Å². The number of pyridine rings is 1. The van der Waals surface area contributed by atoms with Gasteiger partial charge in [0.15, 0.2) is 0 Å². The first kappa shape index (κ1) is 11.8. The molecule has 0 spiro atoms. The number of alkyl halides is 3. The Morgan fingerprint density at radius 2 is 2.21 bits per heavy atom. The Kier molecular flexibility index (Phi) is 4.22. The molecule has 0 atom stereocenters. The SMILES string of the molecule is OCc1c(CCl)cnc(Br)c1C(F)F. The fourth-order valence-corrected chi connectivity index (χ4v) is 1.85. The molecule has 1 heterocycles. The van der Waals surface area contributed by atoms with Gasteiger partial charge in [-0.1, -0.05) is 0 Å². The summed E-state index contributed by atoms with van der Waals surface area (Å²) in [6.07, 6.45) is -1.31. The number of halogens is 4. The van der Waals surface area contributed by atoms with Crippen molar-refractivity contribution < 1.29 is 13.9 Å². The van der Waals surface area contributed by atoms with E-state index in [2.05, 4.69) is 20.9 Å². The molecule has 14 heavy (non-hydrogen) atoms. The topological polar surface area (TPSA) is 33.1 Å². The molecule has 1 aromatic rings. The number of aromatic nitrogens is 1. The number of hydrogen-bond acceptors (Lipinski definition) is 2. The van der Waals surface area contributed by atoms with Crippen molar-refractivity contribution in [3.8, 4) is 0 Å². The zero-order chi connectivity index (χ0) is 10.7. The molecular formula is C8H7BrClF2NO. The van der Waals surface area contributed by atoms with E-state index >= 15 is 0 Å². The first-order valence-electron chi connectivity index (χ1n) is 3.73. The predicted molar refractivity (Wildman–Crippen MR) is 52.4 cm³/mol. The van der Waals surface area contributed by atoms with Crippen LogP contribution >= 0.6 is 27.5 Å². The summed E-state index contributed by atoms with van der Waals surface area (Å²) in [5.74, 6) is 0.0515. The first-order chi connectivity index (χ1) is 6.61. The molecule has 0 amide bonds. The Morgan fingerprint density at radius 1 is 1.57 bits per heavy atom. The van der Waals surface area contributed by atoms with Crippen LogP contribution in [0.25, 0.3) is 0 Å². The lowest BCUT2D eigenvalue weighted by molar-refractivity contribution is 0.145. The fraction of sp³-hybridized carbons (Fsp3) is 0.375. The molecule has 78 valence electrons. The molecule has 1 rings (SSSR count). The van der Waals surface area contributed by atoms with Gasteiger partial charge in [0.2, 0.25) is 0 Å². The van der Waals surface area contributed by atoms with E-state index in [1.165, 1.54) is 6.20 Å². The summed E-state index contributed by atoms with van der Waals surface area (Å²) in [6.45, 7) is -0.469. The zero-order valence-corrected chi connectivity index (χ0v) is 9.32. The van der Waals surface area contributed by atoms with E-state index in [1.54, 1.807) is 0 Å². The highest BCUT2D eigenvalue weighted by atomic mass is 79.9. The van der Waals surface area contributed by atoms with Crippen molar-refractivity contribution in [1.29, 1.82) is 0 Å². The molecule has 1 aromatic heterocycles. The summed E-state index contributed by atoms with van der Waals surface area (Å²) in [5, 5.41) is 8.96. The monoisotopic (exact) mass is 285 g/mol. The molecule has 0 aliphatic carbocycles.